The predicted molar refractivity (Wildman–Crippen MR) is 99.4 cm³/mol. The first kappa shape index (κ1) is 17.5. The van der Waals surface area contributed by atoms with Gasteiger partial charge in [-0.1, -0.05) is 5.16 Å². The van der Waals surface area contributed by atoms with Crippen LogP contribution in [0.25, 0.3) is 5.52 Å². The number of aromatic nitrogens is 2. The van der Waals surface area contributed by atoms with Crippen LogP contribution in [-0.4, -0.2) is 41.0 Å². The Morgan fingerprint density at radius 2 is 2.04 bits per heavy atom. The Labute approximate surface area is 153 Å². The van der Waals surface area contributed by atoms with E-state index in [2.05, 4.69) is 5.16 Å². The summed E-state index contributed by atoms with van der Waals surface area (Å²) in [6, 6.07) is -0.387. The number of rotatable bonds is 3. The summed E-state index contributed by atoms with van der Waals surface area (Å²) in [5, 5.41) is 3.90. The average molecular weight is 376 g/mol. The molecule has 1 aliphatic heterocycles. The number of anilines is 1. The van der Waals surface area contributed by atoms with Crippen molar-refractivity contribution >= 4 is 16.9 Å². The second kappa shape index (κ2) is 6.08. The summed E-state index contributed by atoms with van der Waals surface area (Å²) in [6.07, 6.45) is 2.77. The van der Waals surface area contributed by atoms with Crippen molar-refractivity contribution in [3.8, 4) is 0 Å². The molecule has 0 amide bonds. The Morgan fingerprint density at radius 3 is 2.67 bits per heavy atom. The molecular weight excluding hydrogens is 355 g/mol. The first-order chi connectivity index (χ1) is 12.8. The minimum Gasteiger partial charge on any atom is -0.399 e. The zero-order valence-corrected chi connectivity index (χ0v) is 15.1. The van der Waals surface area contributed by atoms with Crippen LogP contribution >= 0.6 is 0 Å². The molecule has 2 aromatic heterocycles. The molecule has 3 heterocycles. The summed E-state index contributed by atoms with van der Waals surface area (Å²) in [4.78, 5) is 31.6. The molecule has 4 rings (SSSR count). The van der Waals surface area contributed by atoms with Crippen LogP contribution in [-0.2, 0) is 4.84 Å². The van der Waals surface area contributed by atoms with Crippen molar-refractivity contribution in [1.29, 1.82) is 0 Å². The second-order valence-corrected chi connectivity index (χ2v) is 7.07. The Hall–Kier alpha value is -2.88. The summed E-state index contributed by atoms with van der Waals surface area (Å²) in [5.41, 5.74) is 7.08. The van der Waals surface area contributed by atoms with E-state index >= 15 is 0 Å². The van der Waals surface area contributed by atoms with Gasteiger partial charge in [0, 0.05) is 17.7 Å². The third-order valence-electron chi connectivity index (χ3n) is 5.24. The largest absolute Gasteiger partial charge is 0.399 e. The van der Waals surface area contributed by atoms with Crippen LogP contribution in [0.3, 0.4) is 0 Å². The molecule has 1 unspecified atom stereocenters. The number of nitrogens with zero attached hydrogens (tertiary/aromatic N) is 4. The molecule has 0 bridgehead atoms. The number of fused-ring (bicyclic) bond motifs is 1. The molecule has 27 heavy (non-hydrogen) atoms. The fraction of sp³-hybridized carbons (Fsp3) is 0.471. The van der Waals surface area contributed by atoms with E-state index in [9.17, 15) is 14.0 Å². The van der Waals surface area contributed by atoms with Gasteiger partial charge in [-0.05, 0) is 25.7 Å². The molecule has 1 aliphatic carbocycles. The minimum atomic E-state index is -0.771. The third kappa shape index (κ3) is 2.59. The van der Waals surface area contributed by atoms with Crippen molar-refractivity contribution in [3.05, 3.63) is 44.0 Å². The molecule has 2 aliphatic rings. The van der Waals surface area contributed by atoms with Gasteiger partial charge in [0.25, 0.3) is 5.56 Å². The molecule has 144 valence electrons. The molecule has 2 aromatic rings. The summed E-state index contributed by atoms with van der Waals surface area (Å²) in [5.74, 6) is 5.08. The normalized spacial score (nSPS) is 21.4. The molecule has 1 atom stereocenters. The molecule has 0 aromatic carbocycles. The summed E-state index contributed by atoms with van der Waals surface area (Å²) in [6.45, 7) is 2.36. The standard InChI is InChI=1S/C17H21FN6O3/c1-8-14(22-6-11(19)12(7-22)21-27-2)10(18)5-23-15(8)13(9-3-4-9)16(25)24(20)17(23)26/h5,9,11H,3-4,6-7,19-20H2,1-2H3. The quantitative estimate of drug-likeness (QED) is 0.558. The first-order valence-corrected chi connectivity index (χ1v) is 8.71. The van der Waals surface area contributed by atoms with Gasteiger partial charge in [0.1, 0.15) is 7.11 Å². The Kier molecular flexibility index (Phi) is 3.95. The molecule has 10 heteroatoms. The summed E-state index contributed by atoms with van der Waals surface area (Å²) < 4.78 is 16.7. The van der Waals surface area contributed by atoms with E-state index in [0.29, 0.717) is 45.8 Å². The number of aryl methyl sites for hydroxylation is 1. The van der Waals surface area contributed by atoms with E-state index in [1.807, 2.05) is 0 Å². The van der Waals surface area contributed by atoms with Crippen molar-refractivity contribution in [3.63, 3.8) is 0 Å². The lowest BCUT2D eigenvalue weighted by Crippen LogP contribution is -2.44. The van der Waals surface area contributed by atoms with E-state index in [0.717, 1.165) is 23.4 Å². The molecule has 4 N–H and O–H groups in total. The predicted octanol–water partition coefficient (Wildman–Crippen LogP) is -0.350. The Balaban J connectivity index is 1.98. The Bertz CT molecular complexity index is 1080. The van der Waals surface area contributed by atoms with Crippen LogP contribution in [0.1, 0.15) is 29.9 Å². The van der Waals surface area contributed by atoms with Crippen molar-refractivity contribution in [2.75, 3.05) is 30.9 Å². The van der Waals surface area contributed by atoms with Gasteiger partial charge < -0.3 is 21.3 Å². The van der Waals surface area contributed by atoms with E-state index in [1.54, 1.807) is 11.8 Å². The van der Waals surface area contributed by atoms with E-state index in [4.69, 9.17) is 16.4 Å². The van der Waals surface area contributed by atoms with Gasteiger partial charge in [-0.15, -0.1) is 0 Å². The van der Waals surface area contributed by atoms with Gasteiger partial charge in [0.15, 0.2) is 5.82 Å². The lowest BCUT2D eigenvalue weighted by atomic mass is 10.1. The van der Waals surface area contributed by atoms with Gasteiger partial charge in [-0.2, -0.15) is 4.68 Å². The molecule has 2 fully saturated rings. The van der Waals surface area contributed by atoms with Crippen LogP contribution in [0, 0.1) is 12.7 Å². The van der Waals surface area contributed by atoms with Gasteiger partial charge in [0.2, 0.25) is 0 Å². The smallest absolute Gasteiger partial charge is 0.354 e. The van der Waals surface area contributed by atoms with Gasteiger partial charge in [-0.3, -0.25) is 9.20 Å². The SMILES string of the molecule is CON=C1CN(c2c(F)cn3c(=O)n(N)c(=O)c(C4CC4)c3c2C)CC1N. The number of hydrogen-bond acceptors (Lipinski definition) is 7. The number of nitrogens with two attached hydrogens (primary N) is 2. The maximum absolute atomic E-state index is 15.0. The average Bonchev–Trinajstić information content (AvgIpc) is 3.39. The highest BCUT2D eigenvalue weighted by molar-refractivity contribution is 5.97. The van der Waals surface area contributed by atoms with Crippen molar-refractivity contribution < 1.29 is 9.23 Å². The van der Waals surface area contributed by atoms with Crippen molar-refractivity contribution in [1.82, 2.24) is 9.08 Å². The molecule has 1 saturated heterocycles. The van der Waals surface area contributed by atoms with E-state index in [1.165, 1.54) is 7.11 Å². The highest BCUT2D eigenvalue weighted by Gasteiger charge is 2.34. The maximum Gasteiger partial charge on any atom is 0.354 e. The van der Waals surface area contributed by atoms with Gasteiger partial charge in [-0.25, -0.2) is 9.18 Å². The molecule has 0 radical (unpaired) electrons. The molecule has 1 saturated carbocycles. The lowest BCUT2D eigenvalue weighted by molar-refractivity contribution is 0.212. The number of hydrogen-bond donors (Lipinski definition) is 2. The number of halogens is 1. The number of pyridine rings is 1. The molecular formula is C17H21FN6O3. The van der Waals surface area contributed by atoms with Crippen molar-refractivity contribution in [2.45, 2.75) is 31.7 Å². The lowest BCUT2D eigenvalue weighted by Gasteiger charge is -2.23. The topological polar surface area (TPSA) is 120 Å². The van der Waals surface area contributed by atoms with Gasteiger partial charge >= 0.3 is 5.69 Å². The zero-order valence-electron chi connectivity index (χ0n) is 15.1. The molecule has 9 nitrogen and oxygen atoms in total. The summed E-state index contributed by atoms with van der Waals surface area (Å²) >= 11 is 0. The highest BCUT2D eigenvalue weighted by atomic mass is 19.1. The zero-order chi connectivity index (χ0) is 19.5. The monoisotopic (exact) mass is 376 g/mol. The second-order valence-electron chi connectivity index (χ2n) is 7.07. The number of nitrogen functional groups attached to an aromatic ring is 1. The minimum absolute atomic E-state index is 0.0337. The molecule has 0 spiro atoms. The first-order valence-electron chi connectivity index (χ1n) is 8.71. The van der Waals surface area contributed by atoms with Crippen molar-refractivity contribution in [2.24, 2.45) is 10.9 Å². The van der Waals surface area contributed by atoms with E-state index in [-0.39, 0.29) is 12.0 Å². The maximum atomic E-state index is 15.0. The van der Waals surface area contributed by atoms with Crippen LogP contribution < -0.4 is 27.7 Å². The van der Waals surface area contributed by atoms with Gasteiger partial charge in [0.05, 0.1) is 35.7 Å². The summed E-state index contributed by atoms with van der Waals surface area (Å²) in [7, 11) is 1.43. The van der Waals surface area contributed by atoms with E-state index < -0.39 is 17.1 Å². The van der Waals surface area contributed by atoms with Crippen LogP contribution in [0.5, 0.6) is 0 Å². The van der Waals surface area contributed by atoms with Crippen LogP contribution in [0.15, 0.2) is 20.9 Å². The highest BCUT2D eigenvalue weighted by Crippen LogP contribution is 2.42. The third-order valence-corrected chi connectivity index (χ3v) is 5.24. The number of oxime groups is 1. The fourth-order valence-electron chi connectivity index (χ4n) is 3.86. The van der Waals surface area contributed by atoms with Crippen LogP contribution in [0.4, 0.5) is 10.1 Å². The van der Waals surface area contributed by atoms with Crippen LogP contribution in [0.2, 0.25) is 0 Å². The Morgan fingerprint density at radius 1 is 1.33 bits per heavy atom. The fourth-order valence-corrected chi connectivity index (χ4v) is 3.86.